The van der Waals surface area contributed by atoms with Crippen LogP contribution in [0.15, 0.2) is 58.4 Å². The number of phenolic OH excluding ortho intramolecular Hbond substituents is 1. The molecule has 7 heteroatoms. The highest BCUT2D eigenvalue weighted by Gasteiger charge is 2.52. The largest absolute Gasteiger partial charge is 0.508 e. The van der Waals surface area contributed by atoms with Gasteiger partial charge in [-0.15, -0.1) is 0 Å². The van der Waals surface area contributed by atoms with Crippen molar-refractivity contribution in [2.45, 2.75) is 42.8 Å². The number of carbonyl (C=O) groups excluding carboxylic acids is 2. The summed E-state index contributed by atoms with van der Waals surface area (Å²) in [5.74, 6) is 0.394. The molecule has 4 atom stereocenters. The minimum absolute atomic E-state index is 0.00577. The van der Waals surface area contributed by atoms with Gasteiger partial charge in [0.25, 0.3) is 5.91 Å². The minimum atomic E-state index is -0.563. The van der Waals surface area contributed by atoms with Crippen LogP contribution >= 0.6 is 15.9 Å². The van der Waals surface area contributed by atoms with Crippen LogP contribution in [-0.4, -0.2) is 32.6 Å². The molecule has 1 fully saturated rings. The van der Waals surface area contributed by atoms with E-state index in [4.69, 9.17) is 9.15 Å². The number of hydrogen-bond donors (Lipinski definition) is 1. The van der Waals surface area contributed by atoms with Gasteiger partial charge in [0, 0.05) is 4.83 Å². The maximum absolute atomic E-state index is 13.5. The number of ether oxygens (including phenoxy) is 1. The molecule has 1 saturated carbocycles. The van der Waals surface area contributed by atoms with Crippen LogP contribution in [-0.2, 0) is 20.9 Å². The van der Waals surface area contributed by atoms with Gasteiger partial charge in [-0.25, -0.2) is 0 Å². The number of amides is 1. The molecule has 3 aliphatic rings. The molecule has 29 heavy (non-hydrogen) atoms. The Balaban J connectivity index is 1.58. The van der Waals surface area contributed by atoms with E-state index in [9.17, 15) is 14.7 Å². The lowest BCUT2D eigenvalue weighted by molar-refractivity contribution is -0.135. The van der Waals surface area contributed by atoms with Crippen LogP contribution in [0.5, 0.6) is 5.75 Å². The van der Waals surface area contributed by atoms with E-state index in [1.165, 1.54) is 0 Å². The molecule has 0 radical (unpaired) electrons. The Kier molecular flexibility index (Phi) is 4.50. The van der Waals surface area contributed by atoms with E-state index in [0.717, 1.165) is 18.4 Å². The smallest absolute Gasteiger partial charge is 0.290 e. The molecular formula is C22H20BrNO5. The molecule has 1 amide bonds. The first-order valence-electron chi connectivity index (χ1n) is 9.74. The van der Waals surface area contributed by atoms with E-state index in [0.29, 0.717) is 17.8 Å². The molecule has 1 aliphatic carbocycles. The number of benzene rings is 1. The number of alkyl halides is 1. The lowest BCUT2D eigenvalue weighted by Crippen LogP contribution is -2.41. The van der Waals surface area contributed by atoms with Gasteiger partial charge in [-0.05, 0) is 49.1 Å². The summed E-state index contributed by atoms with van der Waals surface area (Å²) in [6, 6.07) is 9.62. The van der Waals surface area contributed by atoms with Crippen LogP contribution in [0.1, 0.15) is 36.6 Å². The highest BCUT2D eigenvalue weighted by molar-refractivity contribution is 9.09. The number of hydrogen-bond acceptors (Lipinski definition) is 5. The van der Waals surface area contributed by atoms with Gasteiger partial charge in [0.05, 0.1) is 30.3 Å². The van der Waals surface area contributed by atoms with Crippen LogP contribution in [0, 0.1) is 5.92 Å². The van der Waals surface area contributed by atoms with E-state index < -0.39 is 6.04 Å². The summed E-state index contributed by atoms with van der Waals surface area (Å²) in [4.78, 5) is 28.7. The fraction of sp³-hybridized carbons (Fsp3) is 0.364. The Morgan fingerprint density at radius 2 is 1.93 bits per heavy atom. The van der Waals surface area contributed by atoms with E-state index in [-0.39, 0.29) is 46.6 Å². The van der Waals surface area contributed by atoms with Gasteiger partial charge in [0.15, 0.2) is 11.5 Å². The number of phenols is 1. The molecular weight excluding hydrogens is 438 g/mol. The van der Waals surface area contributed by atoms with Gasteiger partial charge >= 0.3 is 0 Å². The van der Waals surface area contributed by atoms with Gasteiger partial charge in [0.2, 0.25) is 0 Å². The van der Waals surface area contributed by atoms with Crippen molar-refractivity contribution in [2.75, 3.05) is 0 Å². The predicted octanol–water partition coefficient (Wildman–Crippen LogP) is 3.85. The number of nitrogens with zero attached hydrogens (tertiary/aromatic N) is 1. The average molecular weight is 458 g/mol. The standard InChI is InChI=1S/C22H20BrNO5/c23-13-5-8-17-16(10-13)20(26)18-19(12-3-6-14(25)7-4-12)24(22(27)21(18)29-17)11-15-2-1-9-28-15/h1-4,6-7,9,13,16-17,19,25H,5,8,10-11H2. The maximum atomic E-state index is 13.5. The monoisotopic (exact) mass is 457 g/mol. The molecule has 5 rings (SSSR count). The van der Waals surface area contributed by atoms with Crippen LogP contribution < -0.4 is 0 Å². The Bertz CT molecular complexity index is 981. The number of Topliss-reactive ketones (excluding diaryl/α,β-unsaturated/α-hetero) is 1. The third kappa shape index (κ3) is 3.08. The number of halogens is 1. The van der Waals surface area contributed by atoms with Gasteiger partial charge in [0.1, 0.15) is 17.6 Å². The van der Waals surface area contributed by atoms with Gasteiger partial charge in [-0.3, -0.25) is 9.59 Å². The van der Waals surface area contributed by atoms with Gasteiger partial charge in [-0.1, -0.05) is 28.1 Å². The van der Waals surface area contributed by atoms with Crippen molar-refractivity contribution in [3.8, 4) is 5.75 Å². The maximum Gasteiger partial charge on any atom is 0.290 e. The molecule has 0 bridgehead atoms. The fourth-order valence-electron chi connectivity index (χ4n) is 4.60. The third-order valence-electron chi connectivity index (χ3n) is 5.99. The summed E-state index contributed by atoms with van der Waals surface area (Å²) >= 11 is 3.64. The van der Waals surface area contributed by atoms with Crippen LogP contribution in [0.3, 0.4) is 0 Å². The fourth-order valence-corrected chi connectivity index (χ4v) is 5.27. The SMILES string of the molecule is O=C1C2=C(OC3CCC(Br)CC13)C(=O)N(Cc1ccco1)C2c1ccc(O)cc1. The summed E-state index contributed by atoms with van der Waals surface area (Å²) in [7, 11) is 0. The Labute approximate surface area is 176 Å². The van der Waals surface area contributed by atoms with Crippen molar-refractivity contribution in [3.63, 3.8) is 0 Å². The molecule has 2 aliphatic heterocycles. The van der Waals surface area contributed by atoms with Crippen LogP contribution in [0.4, 0.5) is 0 Å². The molecule has 4 unspecified atom stereocenters. The first kappa shape index (κ1) is 18.5. The summed E-state index contributed by atoms with van der Waals surface area (Å²) in [6.45, 7) is 0.234. The van der Waals surface area contributed by atoms with Gasteiger partial charge < -0.3 is 19.2 Å². The Hall–Kier alpha value is -2.54. The van der Waals surface area contributed by atoms with Crippen molar-refractivity contribution >= 4 is 27.6 Å². The zero-order valence-electron chi connectivity index (χ0n) is 15.6. The number of rotatable bonds is 3. The lowest BCUT2D eigenvalue weighted by Gasteiger charge is -2.37. The predicted molar refractivity (Wildman–Crippen MR) is 107 cm³/mol. The quantitative estimate of drug-likeness (QED) is 0.707. The number of carbonyl (C=O) groups is 2. The molecule has 1 aromatic carbocycles. The van der Waals surface area contributed by atoms with Crippen molar-refractivity contribution in [1.29, 1.82) is 0 Å². The molecule has 0 saturated heterocycles. The van der Waals surface area contributed by atoms with E-state index in [1.54, 1.807) is 47.6 Å². The number of furan rings is 1. The number of fused-ring (bicyclic) bond motifs is 1. The Morgan fingerprint density at radius 3 is 2.66 bits per heavy atom. The second kappa shape index (κ2) is 7.06. The second-order valence-corrected chi connectivity index (χ2v) is 9.08. The summed E-state index contributed by atoms with van der Waals surface area (Å²) in [5.41, 5.74) is 1.18. The number of ketones is 1. The van der Waals surface area contributed by atoms with Crippen LogP contribution in [0.25, 0.3) is 0 Å². The molecule has 3 heterocycles. The van der Waals surface area contributed by atoms with Crippen LogP contribution in [0.2, 0.25) is 0 Å². The highest BCUT2D eigenvalue weighted by atomic mass is 79.9. The summed E-state index contributed by atoms with van der Waals surface area (Å²) < 4.78 is 11.6. The van der Waals surface area contributed by atoms with Gasteiger partial charge in [-0.2, -0.15) is 0 Å². The average Bonchev–Trinajstić information content (AvgIpc) is 3.32. The normalized spacial score (nSPS) is 28.9. The highest BCUT2D eigenvalue weighted by Crippen LogP contribution is 2.48. The summed E-state index contributed by atoms with van der Waals surface area (Å²) in [6.07, 6.45) is 3.68. The molecule has 0 spiro atoms. The molecule has 1 N–H and O–H groups in total. The van der Waals surface area contributed by atoms with Crippen molar-refractivity contribution in [3.05, 3.63) is 65.3 Å². The topological polar surface area (TPSA) is 80.0 Å². The molecule has 6 nitrogen and oxygen atoms in total. The van der Waals surface area contributed by atoms with E-state index in [1.807, 2.05) is 0 Å². The summed E-state index contributed by atoms with van der Waals surface area (Å²) in [5, 5.41) is 9.69. The first-order chi connectivity index (χ1) is 14.0. The molecule has 150 valence electrons. The van der Waals surface area contributed by atoms with Crippen molar-refractivity contribution < 1.29 is 23.8 Å². The Morgan fingerprint density at radius 1 is 1.14 bits per heavy atom. The van der Waals surface area contributed by atoms with Crippen molar-refractivity contribution in [2.24, 2.45) is 5.92 Å². The zero-order valence-corrected chi connectivity index (χ0v) is 17.2. The molecule has 1 aromatic heterocycles. The van der Waals surface area contributed by atoms with E-state index >= 15 is 0 Å². The lowest BCUT2D eigenvalue weighted by atomic mass is 9.77. The molecule has 2 aromatic rings. The van der Waals surface area contributed by atoms with Crippen molar-refractivity contribution in [1.82, 2.24) is 4.90 Å². The number of aromatic hydroxyl groups is 1. The third-order valence-corrected chi connectivity index (χ3v) is 6.83. The second-order valence-electron chi connectivity index (χ2n) is 7.79. The van der Waals surface area contributed by atoms with E-state index in [2.05, 4.69) is 15.9 Å². The minimum Gasteiger partial charge on any atom is -0.508 e. The zero-order chi connectivity index (χ0) is 20.1. The first-order valence-corrected chi connectivity index (χ1v) is 10.7.